The number of carbonyl (C=O) groups excluding carboxylic acids is 3. The molecule has 20 heavy (non-hydrogen) atoms. The molecule has 1 aliphatic rings. The third kappa shape index (κ3) is 5.59. The zero-order valence-electron chi connectivity index (χ0n) is 12.5. The number of hydrogen-bond donors (Lipinski definition) is 1. The van der Waals surface area contributed by atoms with E-state index in [0.717, 1.165) is 12.8 Å². The molecule has 114 valence electrons. The van der Waals surface area contributed by atoms with Crippen LogP contribution in [-0.4, -0.2) is 36.6 Å². The number of alkyl carbamates (subject to hydrolysis) is 1. The summed E-state index contributed by atoms with van der Waals surface area (Å²) in [5.74, 6) is -1.52. The molecule has 1 N–H and O–H groups in total. The highest BCUT2D eigenvalue weighted by atomic mass is 16.6. The van der Waals surface area contributed by atoms with Gasteiger partial charge >= 0.3 is 12.1 Å². The molecule has 1 fully saturated rings. The molecular formula is C14H23NO5. The molecule has 6 nitrogen and oxygen atoms in total. The average Bonchev–Trinajstić information content (AvgIpc) is 3.09. The molecule has 1 rings (SSSR count). The number of nitrogens with one attached hydrogen (secondary N) is 1. The first kappa shape index (κ1) is 16.5. The molecule has 0 aromatic rings. The zero-order valence-corrected chi connectivity index (χ0v) is 12.5. The van der Waals surface area contributed by atoms with Crippen molar-refractivity contribution >= 4 is 17.8 Å². The van der Waals surface area contributed by atoms with Gasteiger partial charge in [-0.2, -0.15) is 0 Å². The van der Waals surface area contributed by atoms with E-state index in [-0.39, 0.29) is 24.9 Å². The first-order chi connectivity index (χ1) is 9.24. The number of esters is 1. The largest absolute Gasteiger partial charge is 0.465 e. The van der Waals surface area contributed by atoms with Crippen LogP contribution in [0.15, 0.2) is 0 Å². The average molecular weight is 285 g/mol. The lowest BCUT2D eigenvalue weighted by atomic mass is 9.98. The first-order valence-corrected chi connectivity index (χ1v) is 6.90. The Morgan fingerprint density at radius 3 is 2.30 bits per heavy atom. The number of amides is 1. The Morgan fingerprint density at radius 2 is 1.85 bits per heavy atom. The molecule has 0 saturated heterocycles. The maximum atomic E-state index is 12.0. The highest BCUT2D eigenvalue weighted by Gasteiger charge is 2.41. The van der Waals surface area contributed by atoms with Crippen LogP contribution in [0, 0.1) is 11.8 Å². The zero-order chi connectivity index (χ0) is 15.3. The van der Waals surface area contributed by atoms with E-state index in [1.807, 2.05) is 0 Å². The van der Waals surface area contributed by atoms with Gasteiger partial charge in [-0.05, 0) is 46.5 Å². The SMILES string of the molecule is CCOC(=O)C(C(=O)CNC(=O)OC(C)(C)C)C1CC1. The molecule has 0 heterocycles. The van der Waals surface area contributed by atoms with Crippen LogP contribution in [0.5, 0.6) is 0 Å². The van der Waals surface area contributed by atoms with Crippen molar-refractivity contribution in [1.29, 1.82) is 0 Å². The Balaban J connectivity index is 2.47. The molecule has 0 radical (unpaired) electrons. The van der Waals surface area contributed by atoms with Crippen LogP contribution in [0.25, 0.3) is 0 Å². The minimum atomic E-state index is -0.759. The molecule has 0 aromatic heterocycles. The maximum absolute atomic E-state index is 12.0. The first-order valence-electron chi connectivity index (χ1n) is 6.90. The van der Waals surface area contributed by atoms with Crippen molar-refractivity contribution in [2.24, 2.45) is 11.8 Å². The molecule has 1 aliphatic carbocycles. The van der Waals surface area contributed by atoms with Gasteiger partial charge < -0.3 is 14.8 Å². The number of ether oxygens (including phenoxy) is 2. The van der Waals surface area contributed by atoms with E-state index in [1.165, 1.54) is 0 Å². The van der Waals surface area contributed by atoms with Gasteiger partial charge in [-0.25, -0.2) is 4.79 Å². The molecule has 0 aromatic carbocycles. The molecule has 0 aliphatic heterocycles. The van der Waals surface area contributed by atoms with Crippen molar-refractivity contribution in [2.75, 3.05) is 13.2 Å². The van der Waals surface area contributed by atoms with Crippen LogP contribution in [0.1, 0.15) is 40.5 Å². The lowest BCUT2D eigenvalue weighted by Gasteiger charge is -2.20. The molecule has 1 unspecified atom stereocenters. The smallest absolute Gasteiger partial charge is 0.408 e. The van der Waals surface area contributed by atoms with E-state index < -0.39 is 23.6 Å². The fraction of sp³-hybridized carbons (Fsp3) is 0.786. The number of Topliss-reactive ketones (excluding diaryl/α,β-unsaturated/α-hetero) is 1. The summed E-state index contributed by atoms with van der Waals surface area (Å²) in [6.45, 7) is 6.94. The quantitative estimate of drug-likeness (QED) is 0.593. The minimum absolute atomic E-state index is 0.0574. The van der Waals surface area contributed by atoms with Gasteiger partial charge in [-0.3, -0.25) is 9.59 Å². The third-order valence-electron chi connectivity index (χ3n) is 2.79. The molecule has 0 bridgehead atoms. The second kappa shape index (κ2) is 6.72. The van der Waals surface area contributed by atoms with Crippen LogP contribution in [-0.2, 0) is 19.1 Å². The van der Waals surface area contributed by atoms with Gasteiger partial charge in [-0.1, -0.05) is 0 Å². The molecule has 6 heteroatoms. The summed E-state index contributed by atoms with van der Waals surface area (Å²) in [6, 6.07) is 0. The minimum Gasteiger partial charge on any atom is -0.465 e. The predicted molar refractivity (Wildman–Crippen MR) is 72.1 cm³/mol. The molecule has 0 spiro atoms. The van der Waals surface area contributed by atoms with E-state index in [9.17, 15) is 14.4 Å². The van der Waals surface area contributed by atoms with Gasteiger partial charge in [0, 0.05) is 0 Å². The molecule has 1 amide bonds. The van der Waals surface area contributed by atoms with Crippen LogP contribution in [0.4, 0.5) is 4.79 Å². The summed E-state index contributed by atoms with van der Waals surface area (Å²) in [4.78, 5) is 35.3. The molecular weight excluding hydrogens is 262 g/mol. The van der Waals surface area contributed by atoms with Crippen LogP contribution in [0.2, 0.25) is 0 Å². The van der Waals surface area contributed by atoms with Gasteiger partial charge in [0.05, 0.1) is 13.2 Å². The summed E-state index contributed by atoms with van der Waals surface area (Å²) in [6.07, 6.45) is 1.04. The molecule has 1 saturated carbocycles. The van der Waals surface area contributed by atoms with E-state index in [0.29, 0.717) is 0 Å². The lowest BCUT2D eigenvalue weighted by molar-refractivity contribution is -0.152. The van der Waals surface area contributed by atoms with Crippen molar-refractivity contribution in [3.63, 3.8) is 0 Å². The number of hydrogen-bond acceptors (Lipinski definition) is 5. The summed E-state index contributed by atoms with van der Waals surface area (Å²) < 4.78 is 9.94. The molecule has 1 atom stereocenters. The van der Waals surface area contributed by atoms with E-state index in [2.05, 4.69) is 5.32 Å². The second-order valence-corrected chi connectivity index (χ2v) is 5.89. The topological polar surface area (TPSA) is 81.7 Å². The number of ketones is 1. The Kier molecular flexibility index (Phi) is 5.53. The normalized spacial score (nSPS) is 16.2. The van der Waals surface area contributed by atoms with Crippen molar-refractivity contribution in [1.82, 2.24) is 5.32 Å². The predicted octanol–water partition coefficient (Wildman–Crippen LogP) is 1.67. The number of carbonyl (C=O) groups is 3. The van der Waals surface area contributed by atoms with Crippen LogP contribution in [0.3, 0.4) is 0 Å². The van der Waals surface area contributed by atoms with Crippen LogP contribution < -0.4 is 5.32 Å². The summed E-state index contributed by atoms with van der Waals surface area (Å²) >= 11 is 0. The highest BCUT2D eigenvalue weighted by molar-refractivity contribution is 6.01. The Morgan fingerprint density at radius 1 is 1.25 bits per heavy atom. The number of rotatable bonds is 6. The van der Waals surface area contributed by atoms with Gasteiger partial charge in [0.15, 0.2) is 5.78 Å². The third-order valence-corrected chi connectivity index (χ3v) is 2.79. The Hall–Kier alpha value is -1.59. The van der Waals surface area contributed by atoms with Crippen LogP contribution >= 0.6 is 0 Å². The fourth-order valence-corrected chi connectivity index (χ4v) is 1.83. The van der Waals surface area contributed by atoms with Gasteiger partial charge in [0.2, 0.25) is 0 Å². The van der Waals surface area contributed by atoms with E-state index in [1.54, 1.807) is 27.7 Å². The summed E-state index contributed by atoms with van der Waals surface area (Å²) in [5.41, 5.74) is -0.621. The second-order valence-electron chi connectivity index (χ2n) is 5.89. The monoisotopic (exact) mass is 285 g/mol. The van der Waals surface area contributed by atoms with Gasteiger partial charge in [0.1, 0.15) is 11.5 Å². The van der Waals surface area contributed by atoms with Crippen molar-refractivity contribution in [3.05, 3.63) is 0 Å². The standard InChI is InChI=1S/C14H23NO5/c1-5-19-12(17)11(9-6-7-9)10(16)8-15-13(18)20-14(2,3)4/h9,11H,5-8H2,1-4H3,(H,15,18). The Bertz CT molecular complexity index is 382. The van der Waals surface area contributed by atoms with E-state index >= 15 is 0 Å². The maximum Gasteiger partial charge on any atom is 0.408 e. The summed E-state index contributed by atoms with van der Waals surface area (Å²) in [7, 11) is 0. The van der Waals surface area contributed by atoms with Gasteiger partial charge in [0.25, 0.3) is 0 Å². The van der Waals surface area contributed by atoms with Gasteiger partial charge in [-0.15, -0.1) is 0 Å². The fourth-order valence-electron chi connectivity index (χ4n) is 1.83. The Labute approximate surface area is 119 Å². The van der Waals surface area contributed by atoms with E-state index in [4.69, 9.17) is 9.47 Å². The summed E-state index contributed by atoms with van der Waals surface area (Å²) in [5, 5.41) is 2.38. The highest BCUT2D eigenvalue weighted by Crippen LogP contribution is 2.37. The lowest BCUT2D eigenvalue weighted by Crippen LogP contribution is -2.39. The van der Waals surface area contributed by atoms with Crippen molar-refractivity contribution in [2.45, 2.75) is 46.1 Å². The van der Waals surface area contributed by atoms with Crippen molar-refractivity contribution in [3.8, 4) is 0 Å². The van der Waals surface area contributed by atoms with Crippen molar-refractivity contribution < 1.29 is 23.9 Å².